The molecule has 4 rings (SSSR count). The molecule has 0 fully saturated rings. The molecule has 0 spiro atoms. The van der Waals surface area contributed by atoms with Crippen molar-refractivity contribution >= 4 is 59.6 Å². The summed E-state index contributed by atoms with van der Waals surface area (Å²) in [6, 6.07) is 21.9. The van der Waals surface area contributed by atoms with Crippen LogP contribution in [-0.4, -0.2) is 27.3 Å². The summed E-state index contributed by atoms with van der Waals surface area (Å²) in [5.74, 6) is 0. The van der Waals surface area contributed by atoms with E-state index in [4.69, 9.17) is 0 Å². The Morgan fingerprint density at radius 1 is 0.412 bits per heavy atom. The van der Waals surface area contributed by atoms with Crippen molar-refractivity contribution in [3.8, 4) is 0 Å². The molecule has 0 heterocycles. The molecule has 0 saturated carbocycles. The van der Waals surface area contributed by atoms with Crippen LogP contribution >= 0.6 is 0 Å². The first kappa shape index (κ1) is 11.0. The monoisotopic (exact) mass is 412 g/mol. The molecule has 0 saturated heterocycles. The molecule has 0 atom stereocenters. The van der Waals surface area contributed by atoms with Crippen molar-refractivity contribution < 1.29 is 0 Å². The summed E-state index contributed by atoms with van der Waals surface area (Å²) in [4.78, 5) is 0. The van der Waals surface area contributed by atoms with Gasteiger partial charge in [-0.2, -0.15) is 0 Å². The van der Waals surface area contributed by atoms with E-state index in [1.807, 2.05) is 0 Å². The van der Waals surface area contributed by atoms with Crippen LogP contribution in [0.25, 0.3) is 32.3 Å². The van der Waals surface area contributed by atoms with E-state index in [9.17, 15) is 0 Å². The van der Waals surface area contributed by atoms with Crippen LogP contribution in [0.5, 0.6) is 0 Å². The minimum atomic E-state index is 0. The van der Waals surface area contributed by atoms with Gasteiger partial charge in [-0.15, -0.1) is 0 Å². The molecule has 17 heavy (non-hydrogen) atoms. The average Bonchev–Trinajstić information content (AvgIpc) is 2.36. The van der Waals surface area contributed by atoms with Crippen LogP contribution in [0, 0.1) is 0 Å². The van der Waals surface area contributed by atoms with Crippen molar-refractivity contribution in [1.29, 1.82) is 0 Å². The van der Waals surface area contributed by atoms with Gasteiger partial charge in [0.1, 0.15) is 0 Å². The topological polar surface area (TPSA) is 0 Å². The molecule has 0 aromatic heterocycles. The first-order chi connectivity index (χ1) is 7.93. The third-order valence-corrected chi connectivity index (χ3v) is 3.39. The second-order valence-electron chi connectivity index (χ2n) is 4.29. The molecule has 80 valence electrons. The van der Waals surface area contributed by atoms with Gasteiger partial charge in [-0.1, -0.05) is 60.7 Å². The largest absolute Gasteiger partial charge is 0.0610 e. The molecule has 2 radical (unpaired) electrons. The molecule has 4 aromatic carbocycles. The number of benzene rings is 4. The summed E-state index contributed by atoms with van der Waals surface area (Å²) in [6.45, 7) is 0. The van der Waals surface area contributed by atoms with Crippen molar-refractivity contribution in [3.05, 3.63) is 60.7 Å². The zero-order chi connectivity index (χ0) is 10.5. The van der Waals surface area contributed by atoms with Crippen LogP contribution in [0.3, 0.4) is 0 Å². The summed E-state index contributed by atoms with van der Waals surface area (Å²) in [6.07, 6.45) is 0. The standard InChI is InChI=1S/C16H10.Pb.2H/c1-3-11-7-9-13-5-2-6-14-10-8-12(4-1)15(11)16(13)14;;;/h1-10H;;;. The number of hydrogen-bond acceptors (Lipinski definition) is 0. The van der Waals surface area contributed by atoms with Crippen LogP contribution < -0.4 is 0 Å². The summed E-state index contributed by atoms with van der Waals surface area (Å²) in [5, 5.41) is 8.14. The van der Waals surface area contributed by atoms with Gasteiger partial charge in [-0.05, 0) is 32.3 Å². The fraction of sp³-hybridized carbons (Fsp3) is 0. The number of hydrogen-bond donors (Lipinski definition) is 0. The smallest absolute Gasteiger partial charge is 0.00268 e. The van der Waals surface area contributed by atoms with Crippen LogP contribution in [0.4, 0.5) is 0 Å². The van der Waals surface area contributed by atoms with Crippen molar-refractivity contribution in [1.82, 2.24) is 0 Å². The van der Waals surface area contributed by atoms with Crippen molar-refractivity contribution in [2.24, 2.45) is 0 Å². The summed E-state index contributed by atoms with van der Waals surface area (Å²) >= 11 is 0. The van der Waals surface area contributed by atoms with E-state index in [-0.39, 0.29) is 27.3 Å². The van der Waals surface area contributed by atoms with E-state index in [0.717, 1.165) is 0 Å². The molecule has 0 amide bonds. The van der Waals surface area contributed by atoms with Crippen LogP contribution in [0.1, 0.15) is 0 Å². The van der Waals surface area contributed by atoms with Gasteiger partial charge in [-0.3, -0.25) is 0 Å². The Bertz CT molecular complexity index is 672. The van der Waals surface area contributed by atoms with Gasteiger partial charge in [0.2, 0.25) is 0 Å². The molecule has 4 aromatic rings. The number of rotatable bonds is 0. The molecule has 0 unspecified atom stereocenters. The Kier molecular flexibility index (Phi) is 2.55. The maximum absolute atomic E-state index is 2.21. The van der Waals surface area contributed by atoms with Crippen molar-refractivity contribution in [3.63, 3.8) is 0 Å². The van der Waals surface area contributed by atoms with Crippen LogP contribution in [0.2, 0.25) is 0 Å². The van der Waals surface area contributed by atoms with Crippen LogP contribution in [-0.2, 0) is 0 Å². The molecule has 1 heteroatoms. The van der Waals surface area contributed by atoms with Crippen molar-refractivity contribution in [2.45, 2.75) is 0 Å². The SMILES string of the molecule is [PbH2].c1cc2ccc3cccc4ccc(c1)c2c34. The Hall–Kier alpha value is -1.16. The molecule has 0 bridgehead atoms. The normalized spacial score (nSPS) is 11.1. The summed E-state index contributed by atoms with van der Waals surface area (Å²) < 4.78 is 0. The molecular weight excluding hydrogens is 399 g/mol. The summed E-state index contributed by atoms with van der Waals surface area (Å²) in [5.41, 5.74) is 0. The average molecular weight is 411 g/mol. The first-order valence-electron chi connectivity index (χ1n) is 5.56. The molecule has 0 aliphatic carbocycles. The zero-order valence-electron chi connectivity index (χ0n) is 9.48. The van der Waals surface area contributed by atoms with Gasteiger partial charge in [0, 0.05) is 0 Å². The first-order valence-corrected chi connectivity index (χ1v) is 5.56. The van der Waals surface area contributed by atoms with Gasteiger partial charge < -0.3 is 0 Å². The third-order valence-electron chi connectivity index (χ3n) is 3.39. The maximum Gasteiger partial charge on any atom is -0.00268 e. The fourth-order valence-electron chi connectivity index (χ4n) is 2.67. The summed E-state index contributed by atoms with van der Waals surface area (Å²) in [7, 11) is 0. The van der Waals surface area contributed by atoms with Gasteiger partial charge >= 0.3 is 27.3 Å². The molecule has 0 aliphatic heterocycles. The third kappa shape index (κ3) is 1.47. The minimum Gasteiger partial charge on any atom is -0.0610 e. The molecule has 0 N–H and O–H groups in total. The molecule has 0 aliphatic rings. The predicted molar refractivity (Wildman–Crippen MR) is 78.7 cm³/mol. The van der Waals surface area contributed by atoms with Gasteiger partial charge in [0.15, 0.2) is 0 Å². The predicted octanol–water partition coefficient (Wildman–Crippen LogP) is 3.67. The minimum absolute atomic E-state index is 0. The van der Waals surface area contributed by atoms with E-state index >= 15 is 0 Å². The molecule has 0 nitrogen and oxygen atoms in total. The van der Waals surface area contributed by atoms with E-state index in [1.165, 1.54) is 32.3 Å². The molecular formula is C16H12Pb. The van der Waals surface area contributed by atoms with Crippen molar-refractivity contribution in [2.75, 3.05) is 0 Å². The van der Waals surface area contributed by atoms with Gasteiger partial charge in [0.05, 0.1) is 0 Å². The zero-order valence-corrected chi connectivity index (χ0v) is 15.0. The van der Waals surface area contributed by atoms with Gasteiger partial charge in [0.25, 0.3) is 0 Å². The fourth-order valence-corrected chi connectivity index (χ4v) is 2.67. The van der Waals surface area contributed by atoms with E-state index in [1.54, 1.807) is 0 Å². The van der Waals surface area contributed by atoms with E-state index < -0.39 is 0 Å². The Morgan fingerprint density at radius 2 is 0.706 bits per heavy atom. The van der Waals surface area contributed by atoms with Crippen LogP contribution in [0.15, 0.2) is 60.7 Å². The maximum atomic E-state index is 2.21. The Balaban J connectivity index is 0.000000902. The van der Waals surface area contributed by atoms with E-state index in [0.29, 0.717) is 0 Å². The van der Waals surface area contributed by atoms with Gasteiger partial charge in [-0.25, -0.2) is 0 Å². The quantitative estimate of drug-likeness (QED) is 0.306. The van der Waals surface area contributed by atoms with E-state index in [2.05, 4.69) is 60.7 Å². The second-order valence-corrected chi connectivity index (χ2v) is 4.29. The Labute approximate surface area is 120 Å². The second kappa shape index (κ2) is 3.95. The Morgan fingerprint density at radius 3 is 1.00 bits per heavy atom.